The predicted molar refractivity (Wildman–Crippen MR) is 98.0 cm³/mol. The van der Waals surface area contributed by atoms with Gasteiger partial charge in [-0.05, 0) is 49.2 Å². The molecule has 0 N–H and O–H groups in total. The molecule has 0 saturated carbocycles. The van der Waals surface area contributed by atoms with Crippen molar-refractivity contribution in [2.45, 2.75) is 20.3 Å². The molecule has 6 heteroatoms. The van der Waals surface area contributed by atoms with E-state index in [4.69, 9.17) is 32.4 Å². The van der Waals surface area contributed by atoms with Crippen molar-refractivity contribution in [2.75, 3.05) is 0 Å². The summed E-state index contributed by atoms with van der Waals surface area (Å²) in [5.74, 6) is -0.307. The highest BCUT2D eigenvalue weighted by Gasteiger charge is 2.17. The van der Waals surface area contributed by atoms with Crippen molar-refractivity contribution < 1.29 is 13.9 Å². The molecule has 2 aromatic carbocycles. The Morgan fingerprint density at radius 2 is 1.92 bits per heavy atom. The zero-order valence-electron chi connectivity index (χ0n) is 13.6. The van der Waals surface area contributed by atoms with Crippen LogP contribution in [0.15, 0.2) is 45.6 Å². The summed E-state index contributed by atoms with van der Waals surface area (Å²) in [6.45, 7) is 3.69. The van der Waals surface area contributed by atoms with E-state index in [2.05, 4.69) is 0 Å². The molecule has 0 unspecified atom stereocenters. The summed E-state index contributed by atoms with van der Waals surface area (Å²) in [4.78, 5) is 24.1. The van der Waals surface area contributed by atoms with Gasteiger partial charge in [0.2, 0.25) is 0 Å². The summed E-state index contributed by atoms with van der Waals surface area (Å²) in [5, 5.41) is 1.46. The Bertz CT molecular complexity index is 1040. The Kier molecular flexibility index (Phi) is 4.84. The van der Waals surface area contributed by atoms with Crippen LogP contribution in [0.3, 0.4) is 0 Å². The van der Waals surface area contributed by atoms with Crippen molar-refractivity contribution >= 4 is 40.1 Å². The Labute approximate surface area is 153 Å². The maximum absolute atomic E-state index is 12.4. The quantitative estimate of drug-likeness (QED) is 0.358. The topological polar surface area (TPSA) is 56.5 Å². The summed E-state index contributed by atoms with van der Waals surface area (Å²) >= 11 is 11.9. The number of halogens is 2. The fourth-order valence-corrected chi connectivity index (χ4v) is 3.11. The average Bonchev–Trinajstić information content (AvgIpc) is 2.57. The van der Waals surface area contributed by atoms with Crippen LogP contribution in [-0.4, -0.2) is 5.97 Å². The van der Waals surface area contributed by atoms with Crippen LogP contribution in [0.1, 0.15) is 28.4 Å². The molecular formula is C19H14Cl2O4. The first kappa shape index (κ1) is 17.5. The van der Waals surface area contributed by atoms with E-state index >= 15 is 0 Å². The van der Waals surface area contributed by atoms with Crippen LogP contribution in [0.25, 0.3) is 11.0 Å². The molecule has 1 heterocycles. The first-order valence-electron chi connectivity index (χ1n) is 7.64. The molecule has 3 aromatic rings. The van der Waals surface area contributed by atoms with Crippen LogP contribution in [0, 0.1) is 6.92 Å². The van der Waals surface area contributed by atoms with Crippen molar-refractivity contribution in [1.29, 1.82) is 0 Å². The van der Waals surface area contributed by atoms with Gasteiger partial charge in [-0.1, -0.05) is 30.1 Å². The number of rotatable bonds is 3. The van der Waals surface area contributed by atoms with Crippen LogP contribution in [0.5, 0.6) is 5.75 Å². The molecule has 0 spiro atoms. The van der Waals surface area contributed by atoms with Gasteiger partial charge in [-0.3, -0.25) is 0 Å². The monoisotopic (exact) mass is 376 g/mol. The maximum Gasteiger partial charge on any atom is 0.345 e. The number of hydrogen-bond donors (Lipinski definition) is 0. The SMILES string of the molecule is CCc1cc(=O)oc2c(C)c(OC(=O)c3ccc(Cl)cc3Cl)ccc12. The number of hydrogen-bond acceptors (Lipinski definition) is 4. The van der Waals surface area contributed by atoms with Crippen LogP contribution >= 0.6 is 23.2 Å². The van der Waals surface area contributed by atoms with Crippen molar-refractivity contribution in [1.82, 2.24) is 0 Å². The van der Waals surface area contributed by atoms with E-state index in [9.17, 15) is 9.59 Å². The van der Waals surface area contributed by atoms with Crippen molar-refractivity contribution in [2.24, 2.45) is 0 Å². The fourth-order valence-electron chi connectivity index (χ4n) is 2.62. The van der Waals surface area contributed by atoms with Gasteiger partial charge in [0.05, 0.1) is 10.6 Å². The molecule has 1 aromatic heterocycles. The van der Waals surface area contributed by atoms with E-state index in [-0.39, 0.29) is 10.6 Å². The molecule has 0 atom stereocenters. The first-order chi connectivity index (χ1) is 11.9. The Balaban J connectivity index is 2.03. The highest BCUT2D eigenvalue weighted by molar-refractivity contribution is 6.36. The van der Waals surface area contributed by atoms with Gasteiger partial charge >= 0.3 is 11.6 Å². The number of ether oxygens (including phenoxy) is 1. The van der Waals surface area contributed by atoms with Gasteiger partial charge in [-0.25, -0.2) is 9.59 Å². The number of carbonyl (C=O) groups excluding carboxylic acids is 1. The maximum atomic E-state index is 12.4. The van der Waals surface area contributed by atoms with Gasteiger partial charge in [0, 0.05) is 22.0 Å². The predicted octanol–water partition coefficient (Wildman–Crippen LogP) is 5.19. The zero-order valence-corrected chi connectivity index (χ0v) is 15.1. The van der Waals surface area contributed by atoms with E-state index in [1.54, 1.807) is 25.1 Å². The molecule has 0 saturated heterocycles. The lowest BCUT2D eigenvalue weighted by Gasteiger charge is -2.11. The lowest BCUT2D eigenvalue weighted by molar-refractivity contribution is 0.0734. The molecule has 128 valence electrons. The molecular weight excluding hydrogens is 363 g/mol. The summed E-state index contributed by atoms with van der Waals surface area (Å²) in [6.07, 6.45) is 0.695. The minimum atomic E-state index is -0.613. The molecule has 0 aliphatic heterocycles. The van der Waals surface area contributed by atoms with Crippen LogP contribution < -0.4 is 10.4 Å². The second-order valence-corrected chi connectivity index (χ2v) is 6.37. The standard InChI is InChI=1S/C19H14Cl2O4/c1-3-11-8-17(22)25-18-10(2)16(7-6-13(11)18)24-19(23)14-5-4-12(20)9-15(14)21/h4-9H,3H2,1-2H3. The van der Waals surface area contributed by atoms with E-state index < -0.39 is 11.6 Å². The zero-order chi connectivity index (χ0) is 18.1. The lowest BCUT2D eigenvalue weighted by Crippen LogP contribution is -2.10. The number of esters is 1. The molecule has 0 aliphatic carbocycles. The highest BCUT2D eigenvalue weighted by Crippen LogP contribution is 2.30. The van der Waals surface area contributed by atoms with E-state index in [1.807, 2.05) is 6.92 Å². The third-order valence-corrected chi connectivity index (χ3v) is 4.48. The van der Waals surface area contributed by atoms with Crippen molar-refractivity contribution in [3.63, 3.8) is 0 Å². The molecule has 3 rings (SSSR count). The average molecular weight is 377 g/mol. The fraction of sp³-hybridized carbons (Fsp3) is 0.158. The van der Waals surface area contributed by atoms with E-state index in [0.29, 0.717) is 28.3 Å². The highest BCUT2D eigenvalue weighted by atomic mass is 35.5. The summed E-state index contributed by atoms with van der Waals surface area (Å²) in [6, 6.07) is 9.46. The smallest absolute Gasteiger partial charge is 0.345 e. The number of fused-ring (bicyclic) bond motifs is 1. The number of benzene rings is 2. The van der Waals surface area contributed by atoms with Gasteiger partial charge in [-0.2, -0.15) is 0 Å². The normalized spacial score (nSPS) is 10.9. The molecule has 4 nitrogen and oxygen atoms in total. The van der Waals surface area contributed by atoms with Crippen LogP contribution in [-0.2, 0) is 6.42 Å². The summed E-state index contributed by atoms with van der Waals surface area (Å²) in [5.41, 5.74) is 1.64. The minimum absolute atomic E-state index is 0.203. The van der Waals surface area contributed by atoms with Crippen molar-refractivity contribution in [3.05, 3.63) is 73.6 Å². The van der Waals surface area contributed by atoms with Crippen LogP contribution in [0.2, 0.25) is 10.0 Å². The third kappa shape index (κ3) is 3.41. The molecule has 0 radical (unpaired) electrons. The van der Waals surface area contributed by atoms with E-state index in [0.717, 1.165) is 10.9 Å². The largest absolute Gasteiger partial charge is 0.422 e. The van der Waals surface area contributed by atoms with Gasteiger partial charge in [0.1, 0.15) is 11.3 Å². The Morgan fingerprint density at radius 3 is 2.60 bits per heavy atom. The summed E-state index contributed by atoms with van der Waals surface area (Å²) in [7, 11) is 0. The van der Waals surface area contributed by atoms with Gasteiger partial charge < -0.3 is 9.15 Å². The number of carbonyl (C=O) groups is 1. The second kappa shape index (κ2) is 6.90. The first-order valence-corrected chi connectivity index (χ1v) is 8.40. The van der Waals surface area contributed by atoms with Crippen LogP contribution in [0.4, 0.5) is 0 Å². The third-order valence-electron chi connectivity index (χ3n) is 3.93. The lowest BCUT2D eigenvalue weighted by atomic mass is 10.0. The van der Waals surface area contributed by atoms with Gasteiger partial charge in [0.15, 0.2) is 0 Å². The second-order valence-electron chi connectivity index (χ2n) is 5.52. The minimum Gasteiger partial charge on any atom is -0.422 e. The Morgan fingerprint density at radius 1 is 1.16 bits per heavy atom. The molecule has 0 aliphatic rings. The molecule has 0 amide bonds. The number of aryl methyl sites for hydroxylation is 2. The van der Waals surface area contributed by atoms with Gasteiger partial charge in [-0.15, -0.1) is 0 Å². The van der Waals surface area contributed by atoms with E-state index in [1.165, 1.54) is 18.2 Å². The van der Waals surface area contributed by atoms with Gasteiger partial charge in [0.25, 0.3) is 0 Å². The Hall–Kier alpha value is -2.30. The molecule has 0 fully saturated rings. The molecule has 25 heavy (non-hydrogen) atoms. The summed E-state index contributed by atoms with van der Waals surface area (Å²) < 4.78 is 10.8. The van der Waals surface area contributed by atoms with Crippen molar-refractivity contribution in [3.8, 4) is 5.75 Å². The molecule has 0 bridgehead atoms.